The van der Waals surface area contributed by atoms with Crippen molar-refractivity contribution in [1.29, 1.82) is 0 Å². The second-order valence-corrected chi connectivity index (χ2v) is 7.75. The first-order valence-electron chi connectivity index (χ1n) is 7.84. The fraction of sp³-hybridized carbons (Fsp3) is 0.0588. The Morgan fingerprint density at radius 2 is 1.65 bits per heavy atom. The normalized spacial score (nSPS) is 11.2. The molecule has 0 heterocycles. The second-order valence-electron chi connectivity index (χ2n) is 5.63. The first kappa shape index (κ1) is 28.3. The van der Waals surface area contributed by atoms with Crippen LogP contribution in [0.2, 0.25) is 0 Å². The van der Waals surface area contributed by atoms with Crippen molar-refractivity contribution < 1.29 is 91.5 Å². The molecule has 0 bridgehead atoms. The van der Waals surface area contributed by atoms with Gasteiger partial charge in [-0.05, 0) is 41.8 Å². The van der Waals surface area contributed by atoms with Gasteiger partial charge in [0.15, 0.2) is 0 Å². The van der Waals surface area contributed by atoms with Gasteiger partial charge >= 0.3 is 59.1 Å². The van der Waals surface area contributed by atoms with Gasteiger partial charge in [0.25, 0.3) is 0 Å². The van der Waals surface area contributed by atoms with Crippen LogP contribution >= 0.6 is 12.0 Å². The average Bonchev–Trinajstić information content (AvgIpc) is 2.70. The maximum atomic E-state index is 11.7. The van der Waals surface area contributed by atoms with Gasteiger partial charge in [-0.25, -0.2) is 8.42 Å². The van der Waals surface area contributed by atoms with E-state index in [4.69, 9.17) is 10.5 Å². The van der Waals surface area contributed by atoms with E-state index in [0.29, 0.717) is 40.2 Å². The monoisotopic (exact) mass is 481 g/mol. The third-order valence-corrected chi connectivity index (χ3v) is 5.23. The van der Waals surface area contributed by atoms with Gasteiger partial charge in [-0.2, -0.15) is 14.6 Å². The molecule has 0 aliphatic carbocycles. The predicted octanol–water partition coefficient (Wildman–Crippen LogP) is -3.01. The second kappa shape index (κ2) is 12.5. The number of ether oxygens (including phenoxy) is 1. The van der Waals surface area contributed by atoms with Gasteiger partial charge in [0.2, 0.25) is 0 Å². The summed E-state index contributed by atoms with van der Waals surface area (Å²) in [6.07, 6.45) is 0. The van der Waals surface area contributed by atoms with Crippen molar-refractivity contribution in [1.82, 2.24) is 0 Å². The molecular formula is C17H13N3Na2O7S2. The van der Waals surface area contributed by atoms with Gasteiger partial charge in [0.1, 0.15) is 15.9 Å². The van der Waals surface area contributed by atoms with Crippen LogP contribution in [0.5, 0.6) is 5.75 Å². The minimum absolute atomic E-state index is 0. The number of nitrogens with zero attached hydrogens (tertiary/aromatic N) is 2. The Labute approximate surface area is 226 Å². The van der Waals surface area contributed by atoms with Crippen LogP contribution in [0.4, 0.5) is 17.1 Å². The number of nitrogens with two attached hydrogens (primary N) is 1. The van der Waals surface area contributed by atoms with Gasteiger partial charge in [-0.1, -0.05) is 6.07 Å². The maximum absolute atomic E-state index is 11.7. The first-order valence-corrected chi connectivity index (χ1v) is 9.99. The SMILES string of the molecule is COc1cc(N=Nc2ccc3cc(SOO[O-])cc(S(=O)(=O)[O-])c3c2)ccc1N.[Na+].[Na+]. The van der Waals surface area contributed by atoms with E-state index in [9.17, 15) is 18.2 Å². The third kappa shape index (κ3) is 7.39. The number of nitrogen functional groups attached to an aromatic ring is 1. The van der Waals surface area contributed by atoms with Gasteiger partial charge in [-0.3, -0.25) is 5.04 Å². The molecule has 152 valence electrons. The van der Waals surface area contributed by atoms with Gasteiger partial charge in [-0.15, -0.1) is 0 Å². The van der Waals surface area contributed by atoms with E-state index >= 15 is 0 Å². The Morgan fingerprint density at radius 1 is 1.00 bits per heavy atom. The Bertz CT molecular complexity index is 1190. The number of azo groups is 1. The maximum Gasteiger partial charge on any atom is 1.00 e. The van der Waals surface area contributed by atoms with E-state index in [-0.39, 0.29) is 69.4 Å². The van der Waals surface area contributed by atoms with Crippen LogP contribution in [0.15, 0.2) is 68.6 Å². The van der Waals surface area contributed by atoms with E-state index < -0.39 is 15.0 Å². The van der Waals surface area contributed by atoms with Gasteiger partial charge in [0, 0.05) is 16.3 Å². The molecule has 3 aromatic carbocycles. The van der Waals surface area contributed by atoms with Crippen molar-refractivity contribution >= 4 is 50.0 Å². The first-order chi connectivity index (χ1) is 13.8. The van der Waals surface area contributed by atoms with Crippen molar-refractivity contribution in [2.24, 2.45) is 10.2 Å². The molecule has 3 rings (SSSR count). The number of rotatable bonds is 7. The zero-order chi connectivity index (χ0) is 21.0. The molecule has 0 saturated carbocycles. The summed E-state index contributed by atoms with van der Waals surface area (Å²) in [4.78, 5) is -0.288. The van der Waals surface area contributed by atoms with Crippen LogP contribution in [-0.4, -0.2) is 20.1 Å². The Kier molecular flexibility index (Phi) is 11.4. The summed E-state index contributed by atoms with van der Waals surface area (Å²) in [5.74, 6) is 0.439. The molecular weight excluding hydrogens is 468 g/mol. The smallest absolute Gasteiger partial charge is 0.744 e. The average molecular weight is 481 g/mol. The molecule has 0 atom stereocenters. The van der Waals surface area contributed by atoms with Crippen molar-refractivity contribution in [3.05, 3.63) is 48.5 Å². The standard InChI is InChI=1S/C17H15N3O7S2.2Na/c1-25-16-8-12(4-5-15(16)18)20-19-11-3-2-10-6-13(28-27-26-21)9-17(14(10)7-11)29(22,23)24;;/h2-9,21H,18H2,1H3,(H,22,23,24);;/q;2*+1/p-2. The van der Waals surface area contributed by atoms with Crippen LogP contribution in [0.3, 0.4) is 0 Å². The fourth-order valence-electron chi connectivity index (χ4n) is 2.53. The molecule has 0 amide bonds. The van der Waals surface area contributed by atoms with E-state index in [2.05, 4.69) is 19.6 Å². The summed E-state index contributed by atoms with van der Waals surface area (Å²) >= 11 is 0.480. The Balaban J connectivity index is 0.00000240. The van der Waals surface area contributed by atoms with Gasteiger partial charge < -0.3 is 20.3 Å². The van der Waals surface area contributed by atoms with Crippen LogP contribution in [0.1, 0.15) is 0 Å². The molecule has 2 N–H and O–H groups in total. The number of benzene rings is 3. The van der Waals surface area contributed by atoms with Crippen molar-refractivity contribution in [2.45, 2.75) is 9.79 Å². The fourth-order valence-corrected chi connectivity index (χ4v) is 3.77. The molecule has 0 fully saturated rings. The Hall–Kier alpha value is -0.740. The molecule has 0 unspecified atom stereocenters. The minimum atomic E-state index is -4.82. The zero-order valence-corrected chi connectivity index (χ0v) is 22.4. The molecule has 3 aromatic rings. The quantitative estimate of drug-likeness (QED) is 0.0705. The number of fused-ring (bicyclic) bond motifs is 1. The summed E-state index contributed by atoms with van der Waals surface area (Å²) in [5.41, 5.74) is 6.98. The van der Waals surface area contributed by atoms with E-state index in [1.165, 1.54) is 19.2 Å². The molecule has 0 radical (unpaired) electrons. The molecule has 14 heteroatoms. The van der Waals surface area contributed by atoms with E-state index in [0.717, 1.165) is 6.07 Å². The van der Waals surface area contributed by atoms with E-state index in [1.807, 2.05) is 0 Å². The molecule has 31 heavy (non-hydrogen) atoms. The largest absolute Gasteiger partial charge is 1.00 e. The molecule has 10 nitrogen and oxygen atoms in total. The minimum Gasteiger partial charge on any atom is -0.744 e. The topological polar surface area (TPSA) is 159 Å². The molecule has 0 aliphatic rings. The van der Waals surface area contributed by atoms with Crippen molar-refractivity contribution in [3.8, 4) is 5.75 Å². The number of anilines is 1. The van der Waals surface area contributed by atoms with Crippen LogP contribution < -0.4 is 74.8 Å². The van der Waals surface area contributed by atoms with Crippen LogP contribution in [-0.2, 0) is 19.5 Å². The molecule has 0 aliphatic heterocycles. The Morgan fingerprint density at radius 3 is 2.26 bits per heavy atom. The van der Waals surface area contributed by atoms with Gasteiger partial charge in [0.05, 0.1) is 41.1 Å². The molecule has 0 spiro atoms. The summed E-state index contributed by atoms with van der Waals surface area (Å²) < 4.78 is 44.4. The summed E-state index contributed by atoms with van der Waals surface area (Å²) in [7, 11) is -3.34. The number of methoxy groups -OCH3 is 1. The van der Waals surface area contributed by atoms with Crippen LogP contribution in [0, 0.1) is 0 Å². The van der Waals surface area contributed by atoms with Crippen LogP contribution in [0.25, 0.3) is 10.8 Å². The number of hydrogen-bond donors (Lipinski definition) is 1. The molecule has 0 saturated heterocycles. The van der Waals surface area contributed by atoms with E-state index in [1.54, 1.807) is 30.3 Å². The third-order valence-electron chi connectivity index (χ3n) is 3.80. The summed E-state index contributed by atoms with van der Waals surface area (Å²) in [6.45, 7) is 0. The summed E-state index contributed by atoms with van der Waals surface area (Å²) in [5, 5.41) is 21.9. The van der Waals surface area contributed by atoms with Crippen molar-refractivity contribution in [3.63, 3.8) is 0 Å². The molecule has 0 aromatic heterocycles. The zero-order valence-electron chi connectivity index (χ0n) is 16.8. The predicted molar refractivity (Wildman–Crippen MR) is 102 cm³/mol. The number of hydrogen-bond acceptors (Lipinski definition) is 11. The summed E-state index contributed by atoms with van der Waals surface area (Å²) in [6, 6.07) is 12.0. The van der Waals surface area contributed by atoms with Crippen molar-refractivity contribution in [2.75, 3.05) is 12.8 Å².